The van der Waals surface area contributed by atoms with Crippen molar-refractivity contribution in [2.45, 2.75) is 57.3 Å². The number of hydrogen-bond donors (Lipinski definition) is 1. The Balaban J connectivity index is 1.48. The maximum absolute atomic E-state index is 13.0. The quantitative estimate of drug-likeness (QED) is 0.856. The molecule has 8 nitrogen and oxygen atoms in total. The Kier molecular flexibility index (Phi) is 4.67. The zero-order chi connectivity index (χ0) is 18.1. The van der Waals surface area contributed by atoms with E-state index >= 15 is 0 Å². The summed E-state index contributed by atoms with van der Waals surface area (Å²) in [5, 5.41) is 8.70. The smallest absolute Gasteiger partial charge is 0.227 e. The lowest BCUT2D eigenvalue weighted by atomic mass is 10.0. The largest absolute Gasteiger partial charge is 0.382 e. The van der Waals surface area contributed by atoms with Crippen molar-refractivity contribution in [2.24, 2.45) is 0 Å². The first-order chi connectivity index (χ1) is 12.6. The summed E-state index contributed by atoms with van der Waals surface area (Å²) in [4.78, 5) is 15.0. The number of anilines is 1. The number of likely N-dealkylation sites (tertiary alicyclic amines) is 1. The highest BCUT2D eigenvalue weighted by molar-refractivity contribution is 5.79. The summed E-state index contributed by atoms with van der Waals surface area (Å²) < 4.78 is 9.39. The van der Waals surface area contributed by atoms with Gasteiger partial charge in [0.25, 0.3) is 0 Å². The maximum atomic E-state index is 13.0. The fourth-order valence-electron chi connectivity index (χ4n) is 4.12. The van der Waals surface area contributed by atoms with E-state index in [0.717, 1.165) is 24.9 Å². The SMILES string of the molecule is CO[C@H]1C[C@@H](Cn2ccc(N)n2)N(C(=O)Cc2cnn3c2CCCC3)C1. The van der Waals surface area contributed by atoms with Crippen LogP contribution in [0.15, 0.2) is 18.5 Å². The monoisotopic (exact) mass is 358 g/mol. The van der Waals surface area contributed by atoms with Crippen molar-refractivity contribution in [1.82, 2.24) is 24.5 Å². The third-order valence-corrected chi connectivity index (χ3v) is 5.50. The second-order valence-electron chi connectivity index (χ2n) is 7.23. The van der Waals surface area contributed by atoms with Crippen LogP contribution in [-0.4, -0.2) is 56.2 Å². The predicted molar refractivity (Wildman–Crippen MR) is 96.4 cm³/mol. The summed E-state index contributed by atoms with van der Waals surface area (Å²) in [5.41, 5.74) is 8.00. The standard InChI is InChI=1S/C18H26N6O2/c1-26-15-9-14(11-22-7-5-17(19)21-22)23(12-15)18(25)8-13-10-20-24-6-3-2-4-16(13)24/h5,7,10,14-15H,2-4,6,8-9,11-12H2,1H3,(H2,19,21)/t14-,15-/m0/s1. The number of nitrogens with two attached hydrogens (primary N) is 1. The second-order valence-corrected chi connectivity index (χ2v) is 7.23. The molecule has 0 aromatic carbocycles. The molecule has 1 fully saturated rings. The highest BCUT2D eigenvalue weighted by Gasteiger charge is 2.36. The summed E-state index contributed by atoms with van der Waals surface area (Å²) in [7, 11) is 1.70. The molecule has 0 spiro atoms. The van der Waals surface area contributed by atoms with Gasteiger partial charge in [0.15, 0.2) is 0 Å². The zero-order valence-corrected chi connectivity index (χ0v) is 15.2. The molecule has 2 N–H and O–H groups in total. The van der Waals surface area contributed by atoms with Crippen LogP contribution in [-0.2, 0) is 35.5 Å². The number of methoxy groups -OCH3 is 1. The summed E-state index contributed by atoms with van der Waals surface area (Å²) in [6.07, 6.45) is 8.36. The number of carbonyl (C=O) groups excluding carboxylic acids is 1. The van der Waals surface area contributed by atoms with Crippen LogP contribution in [0.3, 0.4) is 0 Å². The fraction of sp³-hybridized carbons (Fsp3) is 0.611. The van der Waals surface area contributed by atoms with E-state index in [2.05, 4.69) is 14.9 Å². The summed E-state index contributed by atoms with van der Waals surface area (Å²) in [5.74, 6) is 0.631. The lowest BCUT2D eigenvalue weighted by Crippen LogP contribution is -2.39. The Bertz CT molecular complexity index is 782. The van der Waals surface area contributed by atoms with Crippen molar-refractivity contribution in [3.05, 3.63) is 29.7 Å². The van der Waals surface area contributed by atoms with Crippen LogP contribution in [0.2, 0.25) is 0 Å². The second kappa shape index (κ2) is 7.11. The molecular formula is C18H26N6O2. The molecule has 2 aromatic rings. The Morgan fingerprint density at radius 1 is 1.42 bits per heavy atom. The lowest BCUT2D eigenvalue weighted by Gasteiger charge is -2.24. The lowest BCUT2D eigenvalue weighted by molar-refractivity contribution is -0.131. The first-order valence-corrected chi connectivity index (χ1v) is 9.29. The number of aryl methyl sites for hydroxylation is 1. The Labute approximate surface area is 152 Å². The molecule has 140 valence electrons. The highest BCUT2D eigenvalue weighted by atomic mass is 16.5. The van der Waals surface area contributed by atoms with Gasteiger partial charge in [0.1, 0.15) is 5.82 Å². The molecule has 0 radical (unpaired) electrons. The number of nitrogens with zero attached hydrogens (tertiary/aromatic N) is 5. The number of fused-ring (bicyclic) bond motifs is 1. The molecule has 1 amide bonds. The van der Waals surface area contributed by atoms with Gasteiger partial charge >= 0.3 is 0 Å². The van der Waals surface area contributed by atoms with Gasteiger partial charge in [-0.25, -0.2) is 0 Å². The third-order valence-electron chi connectivity index (χ3n) is 5.50. The van der Waals surface area contributed by atoms with E-state index in [0.29, 0.717) is 25.3 Å². The predicted octanol–water partition coefficient (Wildman–Crippen LogP) is 0.857. The summed E-state index contributed by atoms with van der Waals surface area (Å²) in [6, 6.07) is 1.84. The number of hydrogen-bond acceptors (Lipinski definition) is 5. The Hall–Kier alpha value is -2.35. The first-order valence-electron chi connectivity index (χ1n) is 9.29. The van der Waals surface area contributed by atoms with Crippen LogP contribution in [0.1, 0.15) is 30.5 Å². The van der Waals surface area contributed by atoms with Crippen molar-refractivity contribution >= 4 is 11.7 Å². The van der Waals surface area contributed by atoms with E-state index in [9.17, 15) is 4.79 Å². The molecular weight excluding hydrogens is 332 g/mol. The van der Waals surface area contributed by atoms with Gasteiger partial charge in [-0.15, -0.1) is 0 Å². The minimum Gasteiger partial charge on any atom is -0.382 e. The van der Waals surface area contributed by atoms with Gasteiger partial charge in [-0.05, 0) is 31.7 Å². The molecule has 1 saturated heterocycles. The molecule has 4 heterocycles. The molecule has 2 aromatic heterocycles. The van der Waals surface area contributed by atoms with Crippen molar-refractivity contribution in [3.8, 4) is 0 Å². The van der Waals surface area contributed by atoms with Crippen molar-refractivity contribution < 1.29 is 9.53 Å². The molecule has 8 heteroatoms. The van der Waals surface area contributed by atoms with Crippen molar-refractivity contribution in [2.75, 3.05) is 19.4 Å². The van der Waals surface area contributed by atoms with E-state index in [1.54, 1.807) is 17.9 Å². The molecule has 4 rings (SSSR count). The van der Waals surface area contributed by atoms with E-state index in [1.165, 1.54) is 18.5 Å². The van der Waals surface area contributed by atoms with E-state index in [-0.39, 0.29) is 18.1 Å². The molecule has 0 aliphatic carbocycles. The number of carbonyl (C=O) groups is 1. The molecule has 2 atom stereocenters. The molecule has 0 bridgehead atoms. The van der Waals surface area contributed by atoms with Crippen molar-refractivity contribution in [3.63, 3.8) is 0 Å². The molecule has 2 aliphatic heterocycles. The van der Waals surface area contributed by atoms with Crippen molar-refractivity contribution in [1.29, 1.82) is 0 Å². The number of nitrogen functional groups attached to an aromatic ring is 1. The van der Waals surface area contributed by atoms with Gasteiger partial charge in [0.05, 0.1) is 31.3 Å². The number of rotatable bonds is 5. The van der Waals surface area contributed by atoms with Crippen LogP contribution < -0.4 is 5.73 Å². The Morgan fingerprint density at radius 2 is 2.31 bits per heavy atom. The maximum Gasteiger partial charge on any atom is 0.227 e. The zero-order valence-electron chi connectivity index (χ0n) is 15.2. The van der Waals surface area contributed by atoms with Crippen LogP contribution in [0.4, 0.5) is 5.82 Å². The molecule has 0 unspecified atom stereocenters. The van der Waals surface area contributed by atoms with E-state index < -0.39 is 0 Å². The minimum absolute atomic E-state index is 0.0675. The van der Waals surface area contributed by atoms with Gasteiger partial charge < -0.3 is 15.4 Å². The molecule has 0 saturated carbocycles. The first kappa shape index (κ1) is 17.1. The van der Waals surface area contributed by atoms with E-state index in [4.69, 9.17) is 10.5 Å². The average Bonchev–Trinajstić information content (AvgIpc) is 3.35. The van der Waals surface area contributed by atoms with Crippen LogP contribution >= 0.6 is 0 Å². The van der Waals surface area contributed by atoms with Crippen LogP contribution in [0.5, 0.6) is 0 Å². The average molecular weight is 358 g/mol. The number of ether oxygens (including phenoxy) is 1. The third kappa shape index (κ3) is 3.33. The van der Waals surface area contributed by atoms with Gasteiger partial charge in [-0.3, -0.25) is 14.2 Å². The normalized spacial score (nSPS) is 22.6. The fourth-order valence-corrected chi connectivity index (χ4v) is 4.12. The summed E-state index contributed by atoms with van der Waals surface area (Å²) >= 11 is 0. The van der Waals surface area contributed by atoms with Crippen LogP contribution in [0, 0.1) is 0 Å². The van der Waals surface area contributed by atoms with Crippen LogP contribution in [0.25, 0.3) is 0 Å². The molecule has 2 aliphatic rings. The van der Waals surface area contributed by atoms with Gasteiger partial charge in [0.2, 0.25) is 5.91 Å². The van der Waals surface area contributed by atoms with Gasteiger partial charge in [-0.2, -0.15) is 10.2 Å². The van der Waals surface area contributed by atoms with Gasteiger partial charge in [-0.1, -0.05) is 0 Å². The molecule has 26 heavy (non-hydrogen) atoms. The number of amides is 1. The van der Waals surface area contributed by atoms with Gasteiger partial charge in [0, 0.05) is 37.7 Å². The Morgan fingerprint density at radius 3 is 3.08 bits per heavy atom. The minimum atomic E-state index is 0.0675. The summed E-state index contributed by atoms with van der Waals surface area (Å²) in [6.45, 7) is 2.22. The number of aromatic nitrogens is 4. The topological polar surface area (TPSA) is 91.2 Å². The van der Waals surface area contributed by atoms with E-state index in [1.807, 2.05) is 17.3 Å². The highest BCUT2D eigenvalue weighted by Crippen LogP contribution is 2.24.